The molecule has 4 N–H and O–H groups in total. The molecule has 1 amide bonds. The lowest BCUT2D eigenvalue weighted by Crippen LogP contribution is -2.48. The van der Waals surface area contributed by atoms with E-state index < -0.39 is 24.2 Å². The standard InChI is InChI=1S/C41H81NO4/c1-3-5-7-9-11-13-14-15-16-17-18-19-20-21-22-23-24-25-26-27-28-30-31-33-35-39(44)38(37-43)42-41(46)40(45)36-34-32-29-12-10-8-6-4-2/h33,35,38-40,43-45H,3-32,34,36-37H2,1-2H3,(H,42,46)/b35-33+. The number of rotatable bonds is 37. The Labute approximate surface area is 287 Å². The summed E-state index contributed by atoms with van der Waals surface area (Å²) in [5.74, 6) is -0.506. The number of unbranched alkanes of at least 4 members (excludes halogenated alkanes) is 29. The third-order valence-corrected chi connectivity index (χ3v) is 9.63. The number of aliphatic hydroxyl groups excluding tert-OH is 3. The Morgan fingerprint density at radius 3 is 1.20 bits per heavy atom. The lowest BCUT2D eigenvalue weighted by molar-refractivity contribution is -0.131. The van der Waals surface area contributed by atoms with Gasteiger partial charge in [-0.3, -0.25) is 4.79 Å². The molecule has 0 fully saturated rings. The molecule has 0 saturated heterocycles. The van der Waals surface area contributed by atoms with Crippen molar-refractivity contribution in [2.45, 2.75) is 238 Å². The van der Waals surface area contributed by atoms with Crippen LogP contribution in [0.25, 0.3) is 0 Å². The molecule has 0 rings (SSSR count). The molecule has 0 aromatic carbocycles. The van der Waals surface area contributed by atoms with Crippen molar-refractivity contribution in [3.63, 3.8) is 0 Å². The number of aliphatic hydroxyl groups is 3. The van der Waals surface area contributed by atoms with Crippen molar-refractivity contribution in [2.24, 2.45) is 0 Å². The van der Waals surface area contributed by atoms with Crippen LogP contribution in [0, 0.1) is 0 Å². The van der Waals surface area contributed by atoms with Crippen molar-refractivity contribution in [1.82, 2.24) is 5.32 Å². The average molecular weight is 652 g/mol. The summed E-state index contributed by atoms with van der Waals surface area (Å²) < 4.78 is 0. The SMILES string of the molecule is CCCCCCCCCCCCCCCCCCCCCCCC/C=C/C(O)C(CO)NC(=O)C(O)CCCCCCCCCC. The van der Waals surface area contributed by atoms with Gasteiger partial charge in [-0.15, -0.1) is 0 Å². The molecule has 274 valence electrons. The summed E-state index contributed by atoms with van der Waals surface area (Å²) in [4.78, 5) is 12.3. The Bertz CT molecular complexity index is 640. The van der Waals surface area contributed by atoms with Crippen molar-refractivity contribution in [1.29, 1.82) is 0 Å². The lowest BCUT2D eigenvalue weighted by Gasteiger charge is -2.21. The summed E-state index contributed by atoms with van der Waals surface area (Å²) in [7, 11) is 0. The third kappa shape index (κ3) is 31.7. The molecule has 0 saturated carbocycles. The van der Waals surface area contributed by atoms with Crippen LogP contribution in [0.1, 0.15) is 219 Å². The molecule has 3 unspecified atom stereocenters. The summed E-state index contributed by atoms with van der Waals surface area (Å²) >= 11 is 0. The van der Waals surface area contributed by atoms with Gasteiger partial charge in [-0.2, -0.15) is 0 Å². The zero-order chi connectivity index (χ0) is 33.8. The van der Waals surface area contributed by atoms with Crippen LogP contribution in [-0.2, 0) is 4.79 Å². The fourth-order valence-electron chi connectivity index (χ4n) is 6.36. The Morgan fingerprint density at radius 2 is 0.848 bits per heavy atom. The second kappa shape index (κ2) is 36.9. The molecule has 0 spiro atoms. The van der Waals surface area contributed by atoms with Crippen LogP contribution >= 0.6 is 0 Å². The van der Waals surface area contributed by atoms with Crippen molar-refractivity contribution >= 4 is 5.91 Å². The molecule has 5 nitrogen and oxygen atoms in total. The second-order valence-electron chi connectivity index (χ2n) is 14.2. The van der Waals surface area contributed by atoms with Crippen LogP contribution < -0.4 is 5.32 Å². The van der Waals surface area contributed by atoms with E-state index in [1.54, 1.807) is 6.08 Å². The highest BCUT2D eigenvalue weighted by molar-refractivity contribution is 5.80. The van der Waals surface area contributed by atoms with Gasteiger partial charge in [0.05, 0.1) is 18.8 Å². The normalized spacial score (nSPS) is 13.8. The zero-order valence-corrected chi connectivity index (χ0v) is 31.0. The molecular formula is C41H81NO4. The first kappa shape index (κ1) is 45.1. The van der Waals surface area contributed by atoms with Crippen LogP contribution in [0.3, 0.4) is 0 Å². The fraction of sp³-hybridized carbons (Fsp3) is 0.927. The first-order valence-electron chi connectivity index (χ1n) is 20.5. The molecule has 46 heavy (non-hydrogen) atoms. The number of nitrogens with one attached hydrogen (secondary N) is 1. The van der Waals surface area contributed by atoms with E-state index in [0.717, 1.165) is 32.1 Å². The average Bonchev–Trinajstić information content (AvgIpc) is 3.06. The van der Waals surface area contributed by atoms with Gasteiger partial charge in [0.1, 0.15) is 6.10 Å². The molecule has 0 heterocycles. The predicted octanol–water partition coefficient (Wildman–Crippen LogP) is 11.3. The van der Waals surface area contributed by atoms with Gasteiger partial charge >= 0.3 is 0 Å². The number of amides is 1. The largest absolute Gasteiger partial charge is 0.394 e. The molecule has 0 aliphatic heterocycles. The van der Waals surface area contributed by atoms with Gasteiger partial charge in [-0.05, 0) is 19.3 Å². The maximum absolute atomic E-state index is 12.3. The monoisotopic (exact) mass is 652 g/mol. The van der Waals surface area contributed by atoms with E-state index in [1.807, 2.05) is 6.08 Å². The van der Waals surface area contributed by atoms with Crippen LogP contribution in [-0.4, -0.2) is 46.1 Å². The van der Waals surface area contributed by atoms with Gasteiger partial charge in [0, 0.05) is 0 Å². The number of carbonyl (C=O) groups is 1. The van der Waals surface area contributed by atoms with Crippen LogP contribution in [0.15, 0.2) is 12.2 Å². The summed E-state index contributed by atoms with van der Waals surface area (Å²) in [5.41, 5.74) is 0. The first-order valence-corrected chi connectivity index (χ1v) is 20.5. The zero-order valence-electron chi connectivity index (χ0n) is 31.0. The van der Waals surface area contributed by atoms with Crippen LogP contribution in [0.5, 0.6) is 0 Å². The highest BCUT2D eigenvalue weighted by atomic mass is 16.3. The van der Waals surface area contributed by atoms with Gasteiger partial charge < -0.3 is 20.6 Å². The number of hydrogen-bond donors (Lipinski definition) is 4. The predicted molar refractivity (Wildman–Crippen MR) is 199 cm³/mol. The smallest absolute Gasteiger partial charge is 0.249 e. The second-order valence-corrected chi connectivity index (χ2v) is 14.2. The molecule has 5 heteroatoms. The molecule has 0 aliphatic rings. The Balaban J connectivity index is 3.57. The molecular weight excluding hydrogens is 570 g/mol. The highest BCUT2D eigenvalue weighted by Crippen LogP contribution is 2.16. The quantitative estimate of drug-likeness (QED) is 0.0397. The summed E-state index contributed by atoms with van der Waals surface area (Å²) in [6, 6.07) is -0.790. The van der Waals surface area contributed by atoms with Gasteiger partial charge in [-0.1, -0.05) is 212 Å². The highest BCUT2D eigenvalue weighted by Gasteiger charge is 2.22. The number of allylic oxidation sites excluding steroid dienone is 1. The van der Waals surface area contributed by atoms with E-state index in [9.17, 15) is 20.1 Å². The molecule has 0 aromatic rings. The van der Waals surface area contributed by atoms with E-state index in [2.05, 4.69) is 19.2 Å². The molecule has 3 atom stereocenters. The third-order valence-electron chi connectivity index (χ3n) is 9.63. The summed E-state index contributed by atoms with van der Waals surface area (Å²) in [5, 5.41) is 32.9. The molecule has 0 aromatic heterocycles. The lowest BCUT2D eigenvalue weighted by atomic mass is 10.0. The Kier molecular flexibility index (Phi) is 36.2. The maximum Gasteiger partial charge on any atom is 0.249 e. The number of carbonyl (C=O) groups excluding carboxylic acids is 1. The molecule has 0 aliphatic carbocycles. The van der Waals surface area contributed by atoms with Gasteiger partial charge in [0.25, 0.3) is 0 Å². The van der Waals surface area contributed by atoms with E-state index in [4.69, 9.17) is 0 Å². The van der Waals surface area contributed by atoms with Gasteiger partial charge in [-0.25, -0.2) is 0 Å². The van der Waals surface area contributed by atoms with Crippen LogP contribution in [0.2, 0.25) is 0 Å². The van der Waals surface area contributed by atoms with Crippen LogP contribution in [0.4, 0.5) is 0 Å². The minimum atomic E-state index is -1.09. The maximum atomic E-state index is 12.3. The first-order chi connectivity index (χ1) is 22.6. The van der Waals surface area contributed by atoms with Crippen molar-refractivity contribution in [3.05, 3.63) is 12.2 Å². The Hall–Kier alpha value is -0.910. The van der Waals surface area contributed by atoms with Crippen molar-refractivity contribution in [3.8, 4) is 0 Å². The molecule has 0 bridgehead atoms. The van der Waals surface area contributed by atoms with Crippen molar-refractivity contribution < 1.29 is 20.1 Å². The van der Waals surface area contributed by atoms with Gasteiger partial charge in [0.15, 0.2) is 0 Å². The van der Waals surface area contributed by atoms with Gasteiger partial charge in [0.2, 0.25) is 5.91 Å². The fourth-order valence-corrected chi connectivity index (χ4v) is 6.36. The van der Waals surface area contributed by atoms with E-state index in [0.29, 0.717) is 6.42 Å². The molecule has 0 radical (unpaired) electrons. The van der Waals surface area contributed by atoms with E-state index in [1.165, 1.54) is 167 Å². The number of hydrogen-bond acceptors (Lipinski definition) is 4. The summed E-state index contributed by atoms with van der Waals surface area (Å²) in [6.45, 7) is 4.15. The Morgan fingerprint density at radius 1 is 0.522 bits per heavy atom. The topological polar surface area (TPSA) is 89.8 Å². The summed E-state index contributed by atoms with van der Waals surface area (Å²) in [6.07, 6.45) is 42.6. The minimum Gasteiger partial charge on any atom is -0.394 e. The van der Waals surface area contributed by atoms with E-state index in [-0.39, 0.29) is 6.61 Å². The minimum absolute atomic E-state index is 0.360. The van der Waals surface area contributed by atoms with E-state index >= 15 is 0 Å². The van der Waals surface area contributed by atoms with Crippen molar-refractivity contribution in [2.75, 3.05) is 6.61 Å².